The van der Waals surface area contributed by atoms with Crippen molar-refractivity contribution in [2.75, 3.05) is 13.1 Å². The zero-order valence-electron chi connectivity index (χ0n) is 18.8. The minimum atomic E-state index is -3.13. The van der Waals surface area contributed by atoms with E-state index >= 15 is 0 Å². The van der Waals surface area contributed by atoms with Gasteiger partial charge in [-0.1, -0.05) is 24.3 Å². The van der Waals surface area contributed by atoms with Gasteiger partial charge in [-0.3, -0.25) is 14.6 Å². The molecule has 1 aromatic heterocycles. The fourth-order valence-electron chi connectivity index (χ4n) is 4.03. The number of alkyl halides is 2. The van der Waals surface area contributed by atoms with Crippen molar-refractivity contribution < 1.29 is 22.8 Å². The van der Waals surface area contributed by atoms with E-state index in [2.05, 4.69) is 10.3 Å². The van der Waals surface area contributed by atoms with E-state index in [1.807, 2.05) is 19.1 Å². The number of hydrogen-bond donors (Lipinski definition) is 1. The van der Waals surface area contributed by atoms with E-state index < -0.39 is 43.3 Å². The normalized spacial score (nSPS) is 17.3. The molecule has 1 atom stereocenters. The van der Waals surface area contributed by atoms with Gasteiger partial charge in [0, 0.05) is 18.0 Å². The summed E-state index contributed by atoms with van der Waals surface area (Å²) in [7, 11) is 0. The van der Waals surface area contributed by atoms with E-state index in [0.29, 0.717) is 10.9 Å². The number of hydrogen-bond acceptors (Lipinski definition) is 4. The highest BCUT2D eigenvalue weighted by Gasteiger charge is 2.47. The average Bonchev–Trinajstić information content (AvgIpc) is 3.17. The molecule has 1 aliphatic heterocycles. The molecule has 1 N–H and O–H groups in total. The Kier molecular flexibility index (Phi) is 6.56. The van der Waals surface area contributed by atoms with E-state index in [-0.39, 0.29) is 11.4 Å². The summed E-state index contributed by atoms with van der Waals surface area (Å²) < 4.78 is 40.4. The molecule has 1 saturated heterocycles. The highest BCUT2D eigenvalue weighted by molar-refractivity contribution is 6.07. The molecule has 35 heavy (non-hydrogen) atoms. The molecule has 1 aliphatic rings. The third-order valence-corrected chi connectivity index (χ3v) is 5.83. The lowest BCUT2D eigenvalue weighted by atomic mass is 10.00. The number of nitrogens with one attached hydrogen (secondary N) is 1. The second-order valence-corrected chi connectivity index (χ2v) is 8.38. The first kappa shape index (κ1) is 24.0. The largest absolute Gasteiger partial charge is 0.343 e. The molecule has 0 saturated carbocycles. The van der Waals surface area contributed by atoms with Crippen LogP contribution in [0.2, 0.25) is 0 Å². The van der Waals surface area contributed by atoms with Gasteiger partial charge in [0.15, 0.2) is 0 Å². The van der Waals surface area contributed by atoms with Crippen molar-refractivity contribution >= 4 is 34.4 Å². The maximum Gasteiger partial charge on any atom is 0.268 e. The summed E-state index contributed by atoms with van der Waals surface area (Å²) in [4.78, 5) is 30.4. The smallest absolute Gasteiger partial charge is 0.268 e. The van der Waals surface area contributed by atoms with Crippen molar-refractivity contribution in [3.05, 3.63) is 77.2 Å². The highest BCUT2D eigenvalue weighted by atomic mass is 19.3. The Bertz CT molecular complexity index is 1360. The topological polar surface area (TPSA) is 86.1 Å². The van der Waals surface area contributed by atoms with Gasteiger partial charge in [0.1, 0.15) is 11.9 Å². The van der Waals surface area contributed by atoms with Gasteiger partial charge in [0.05, 0.1) is 30.2 Å². The van der Waals surface area contributed by atoms with Crippen molar-refractivity contribution in [3.8, 4) is 6.07 Å². The van der Waals surface area contributed by atoms with Crippen molar-refractivity contribution in [1.82, 2.24) is 15.2 Å². The Morgan fingerprint density at radius 3 is 2.69 bits per heavy atom. The first-order valence-electron chi connectivity index (χ1n) is 10.8. The van der Waals surface area contributed by atoms with Crippen LogP contribution in [0.3, 0.4) is 0 Å². The summed E-state index contributed by atoms with van der Waals surface area (Å²) in [5.74, 6) is -4.77. The van der Waals surface area contributed by atoms with Crippen LogP contribution in [0.1, 0.15) is 34.8 Å². The minimum absolute atomic E-state index is 0.266. The quantitative estimate of drug-likeness (QED) is 0.550. The lowest BCUT2D eigenvalue weighted by Gasteiger charge is -2.19. The average molecular weight is 478 g/mol. The third-order valence-electron chi connectivity index (χ3n) is 5.83. The Labute approximate surface area is 199 Å². The molecule has 3 aromatic rings. The first-order valence-corrected chi connectivity index (χ1v) is 10.8. The highest BCUT2D eigenvalue weighted by Crippen LogP contribution is 2.31. The number of nitriles is 1. The number of carbonyl (C=O) groups excluding carboxylic acids is 2. The van der Waals surface area contributed by atoms with E-state index in [1.165, 1.54) is 24.4 Å². The fraction of sp³-hybridized carbons (Fsp3) is 0.231. The molecular weight excluding hydrogens is 457 g/mol. The number of carbonyl (C=O) groups is 2. The second-order valence-electron chi connectivity index (χ2n) is 8.38. The molecule has 2 heterocycles. The molecule has 0 unspecified atom stereocenters. The zero-order valence-corrected chi connectivity index (χ0v) is 18.8. The van der Waals surface area contributed by atoms with Crippen LogP contribution in [0.5, 0.6) is 0 Å². The van der Waals surface area contributed by atoms with Crippen LogP contribution in [0.15, 0.2) is 54.7 Å². The number of halogens is 3. The monoisotopic (exact) mass is 478 g/mol. The van der Waals surface area contributed by atoms with Crippen molar-refractivity contribution in [2.45, 2.75) is 25.3 Å². The van der Waals surface area contributed by atoms with Crippen LogP contribution >= 0.6 is 0 Å². The SMILES string of the molecule is C/C(=C\c1ccc(F)cc1)c1ccc2nccc(C(=O)NCC(=O)N3CC(F)(F)C[C@H]3C#N)c2c1. The summed E-state index contributed by atoms with van der Waals surface area (Å²) in [5, 5.41) is 12.1. The molecular formula is C26H21F3N4O2. The predicted molar refractivity (Wildman–Crippen MR) is 125 cm³/mol. The van der Waals surface area contributed by atoms with Gasteiger partial charge in [-0.2, -0.15) is 5.26 Å². The van der Waals surface area contributed by atoms with Gasteiger partial charge in [0.25, 0.3) is 11.8 Å². The predicted octanol–water partition coefficient (Wildman–Crippen LogP) is 4.42. The third kappa shape index (κ3) is 5.32. The van der Waals surface area contributed by atoms with Crippen LogP contribution in [-0.2, 0) is 4.79 Å². The molecule has 2 amide bonds. The van der Waals surface area contributed by atoms with E-state index in [0.717, 1.165) is 21.6 Å². The minimum Gasteiger partial charge on any atom is -0.343 e. The first-order chi connectivity index (χ1) is 16.7. The Hall–Kier alpha value is -4.19. The van der Waals surface area contributed by atoms with Crippen molar-refractivity contribution in [1.29, 1.82) is 5.26 Å². The van der Waals surface area contributed by atoms with E-state index in [4.69, 9.17) is 5.26 Å². The number of rotatable bonds is 5. The number of allylic oxidation sites excluding steroid dienone is 1. The number of aromatic nitrogens is 1. The van der Waals surface area contributed by atoms with Gasteiger partial charge in [-0.15, -0.1) is 0 Å². The zero-order chi connectivity index (χ0) is 25.2. The number of fused-ring (bicyclic) bond motifs is 1. The molecule has 0 bridgehead atoms. The van der Waals surface area contributed by atoms with Crippen molar-refractivity contribution in [3.63, 3.8) is 0 Å². The number of pyridine rings is 1. The van der Waals surface area contributed by atoms with Crippen LogP contribution < -0.4 is 5.32 Å². The summed E-state index contributed by atoms with van der Waals surface area (Å²) >= 11 is 0. The van der Waals surface area contributed by atoms with Gasteiger partial charge in [0.2, 0.25) is 5.91 Å². The van der Waals surface area contributed by atoms with Gasteiger partial charge < -0.3 is 10.2 Å². The van der Waals surface area contributed by atoms with E-state index in [9.17, 15) is 22.8 Å². The molecule has 2 aromatic carbocycles. The lowest BCUT2D eigenvalue weighted by Crippen LogP contribution is -2.43. The molecule has 1 fully saturated rings. The molecule has 0 radical (unpaired) electrons. The second kappa shape index (κ2) is 9.58. The fourth-order valence-corrected chi connectivity index (χ4v) is 4.03. The molecule has 6 nitrogen and oxygen atoms in total. The molecule has 9 heteroatoms. The molecule has 4 rings (SSSR count). The Morgan fingerprint density at radius 2 is 1.97 bits per heavy atom. The Balaban J connectivity index is 1.54. The number of nitrogens with zero attached hydrogens (tertiary/aromatic N) is 3. The number of amides is 2. The summed E-state index contributed by atoms with van der Waals surface area (Å²) in [5.41, 5.74) is 3.33. The van der Waals surface area contributed by atoms with Crippen LogP contribution in [0.25, 0.3) is 22.6 Å². The van der Waals surface area contributed by atoms with Gasteiger partial charge in [-0.25, -0.2) is 13.2 Å². The molecule has 0 aliphatic carbocycles. The van der Waals surface area contributed by atoms with Gasteiger partial charge in [-0.05, 0) is 54.0 Å². The number of likely N-dealkylation sites (tertiary alicyclic amines) is 1. The standard InChI is InChI=1S/C26H21F3N4O2/c1-16(10-17-2-5-19(27)6-3-17)18-4-7-23-22(11-18)21(8-9-31-23)25(35)32-14-24(34)33-15-26(28,29)12-20(33)13-30/h2-11,20H,12,14-15H2,1H3,(H,32,35)/b16-10+/t20-/m0/s1. The summed E-state index contributed by atoms with van der Waals surface area (Å²) in [6, 6.07) is 13.5. The summed E-state index contributed by atoms with van der Waals surface area (Å²) in [6.07, 6.45) is 2.63. The van der Waals surface area contributed by atoms with Crippen LogP contribution in [-0.4, -0.2) is 46.8 Å². The van der Waals surface area contributed by atoms with Crippen molar-refractivity contribution in [2.24, 2.45) is 0 Å². The molecule has 0 spiro atoms. The number of benzene rings is 2. The Morgan fingerprint density at radius 1 is 1.23 bits per heavy atom. The summed E-state index contributed by atoms with van der Waals surface area (Å²) in [6.45, 7) is 0.526. The maximum absolute atomic E-state index is 13.6. The van der Waals surface area contributed by atoms with Crippen LogP contribution in [0.4, 0.5) is 13.2 Å². The maximum atomic E-state index is 13.6. The van der Waals surface area contributed by atoms with Gasteiger partial charge >= 0.3 is 0 Å². The van der Waals surface area contributed by atoms with E-state index in [1.54, 1.807) is 30.3 Å². The van der Waals surface area contributed by atoms with Crippen LogP contribution in [0, 0.1) is 17.1 Å². The molecule has 178 valence electrons. The lowest BCUT2D eigenvalue weighted by molar-refractivity contribution is -0.131.